The molecule has 0 radical (unpaired) electrons. The summed E-state index contributed by atoms with van der Waals surface area (Å²) in [7, 11) is 1.90. The van der Waals surface area contributed by atoms with Crippen LogP contribution in [0, 0.1) is 13.8 Å². The molecule has 5 N–H and O–H groups in total. The van der Waals surface area contributed by atoms with Crippen LogP contribution in [0.3, 0.4) is 0 Å². The molecule has 0 aliphatic carbocycles. The van der Waals surface area contributed by atoms with Crippen molar-refractivity contribution < 1.29 is 0 Å². The number of aryl methyl sites for hydroxylation is 2. The van der Waals surface area contributed by atoms with Gasteiger partial charge in [-0.2, -0.15) is 4.98 Å². The first kappa shape index (κ1) is 20.6. The molecule has 1 unspecified atom stereocenters. The number of hydrogen-bond donors (Lipinski definition) is 4. The summed E-state index contributed by atoms with van der Waals surface area (Å²) in [5.41, 5.74) is 13.4. The van der Waals surface area contributed by atoms with Crippen molar-refractivity contribution in [3.8, 4) is 0 Å². The summed E-state index contributed by atoms with van der Waals surface area (Å²) in [6.07, 6.45) is 1.77. The van der Waals surface area contributed by atoms with Crippen LogP contribution in [-0.2, 0) is 5.66 Å². The smallest absolute Gasteiger partial charge is 0.230 e. The van der Waals surface area contributed by atoms with Crippen LogP contribution in [0.15, 0.2) is 36.5 Å². The number of piperazine rings is 1. The maximum absolute atomic E-state index is 6.89. The monoisotopic (exact) mass is 432 g/mol. The van der Waals surface area contributed by atoms with E-state index in [2.05, 4.69) is 62.1 Å². The summed E-state index contributed by atoms with van der Waals surface area (Å²) in [6, 6.07) is 10.0. The van der Waals surface area contributed by atoms with Gasteiger partial charge in [0.15, 0.2) is 17.5 Å². The fourth-order valence-electron chi connectivity index (χ4n) is 4.54. The zero-order chi connectivity index (χ0) is 22.3. The summed E-state index contributed by atoms with van der Waals surface area (Å²) >= 11 is 0. The number of fused-ring (bicyclic) bond motifs is 1. The Hall–Kier alpha value is -3.34. The van der Waals surface area contributed by atoms with Crippen molar-refractivity contribution in [1.29, 1.82) is 0 Å². The van der Waals surface area contributed by atoms with E-state index < -0.39 is 5.66 Å². The molecule has 5 rings (SSSR count). The van der Waals surface area contributed by atoms with Crippen LogP contribution in [0.5, 0.6) is 0 Å². The molecule has 166 valence electrons. The maximum Gasteiger partial charge on any atom is 0.230 e. The van der Waals surface area contributed by atoms with Crippen LogP contribution in [0.1, 0.15) is 22.3 Å². The molecule has 0 bridgehead atoms. The predicted octanol–water partition coefficient (Wildman–Crippen LogP) is 1.15. The minimum Gasteiger partial charge on any atom is -0.353 e. The minimum atomic E-state index is -0.900. The highest BCUT2D eigenvalue weighted by Crippen LogP contribution is 2.39. The number of rotatable bonds is 4. The Labute approximate surface area is 187 Å². The first-order valence-corrected chi connectivity index (χ1v) is 10.8. The first-order valence-electron chi connectivity index (χ1n) is 10.8. The molecule has 1 aromatic carbocycles. The second-order valence-corrected chi connectivity index (χ2v) is 8.32. The molecule has 10 nitrogen and oxygen atoms in total. The van der Waals surface area contributed by atoms with Gasteiger partial charge in [-0.15, -0.1) is 10.2 Å². The minimum absolute atomic E-state index is 0.437. The van der Waals surface area contributed by atoms with Crippen LogP contribution in [0.25, 0.3) is 0 Å². The van der Waals surface area contributed by atoms with E-state index in [1.807, 2.05) is 30.3 Å². The normalized spacial score (nSPS) is 20.4. The Bertz CT molecular complexity index is 1110. The van der Waals surface area contributed by atoms with Crippen LogP contribution >= 0.6 is 0 Å². The summed E-state index contributed by atoms with van der Waals surface area (Å²) in [4.78, 5) is 11.4. The first-order chi connectivity index (χ1) is 15.5. The van der Waals surface area contributed by atoms with Crippen LogP contribution in [0.4, 0.5) is 23.4 Å². The van der Waals surface area contributed by atoms with Gasteiger partial charge in [-0.05, 0) is 42.7 Å². The fourth-order valence-corrected chi connectivity index (χ4v) is 4.54. The lowest BCUT2D eigenvalue weighted by atomic mass is 9.88. The highest BCUT2D eigenvalue weighted by atomic mass is 15.6. The quantitative estimate of drug-likeness (QED) is 0.478. The van der Waals surface area contributed by atoms with E-state index in [4.69, 9.17) is 10.7 Å². The molecule has 3 aromatic rings. The number of nitrogens with zero attached hydrogens (tertiary/aromatic N) is 6. The van der Waals surface area contributed by atoms with Crippen LogP contribution in [0.2, 0.25) is 0 Å². The number of aromatic nitrogens is 4. The number of anilines is 4. The molecule has 0 spiro atoms. The number of hydrogen-bond acceptors (Lipinski definition) is 10. The molecular formula is C22H28N10. The average molecular weight is 433 g/mol. The second kappa shape index (κ2) is 7.97. The third-order valence-corrected chi connectivity index (χ3v) is 6.06. The average Bonchev–Trinajstić information content (AvgIpc) is 3.05. The van der Waals surface area contributed by atoms with Crippen LogP contribution in [-0.4, -0.2) is 53.4 Å². The molecule has 4 heterocycles. The van der Waals surface area contributed by atoms with Gasteiger partial charge in [-0.25, -0.2) is 10.4 Å². The second-order valence-electron chi connectivity index (χ2n) is 8.32. The summed E-state index contributed by atoms with van der Waals surface area (Å²) in [5, 5.41) is 17.0. The van der Waals surface area contributed by atoms with E-state index >= 15 is 0 Å². The molecule has 1 saturated heterocycles. The lowest BCUT2D eigenvalue weighted by Crippen LogP contribution is -2.52. The lowest BCUT2D eigenvalue weighted by Gasteiger charge is -2.29. The summed E-state index contributed by atoms with van der Waals surface area (Å²) in [6.45, 7) is 7.89. The lowest BCUT2D eigenvalue weighted by molar-refractivity contribution is 0.442. The molecule has 2 aliphatic rings. The van der Waals surface area contributed by atoms with Crippen molar-refractivity contribution in [3.63, 3.8) is 0 Å². The van der Waals surface area contributed by atoms with Crippen molar-refractivity contribution in [2.24, 2.45) is 5.73 Å². The van der Waals surface area contributed by atoms with E-state index in [0.717, 1.165) is 60.1 Å². The van der Waals surface area contributed by atoms with Gasteiger partial charge < -0.3 is 21.3 Å². The van der Waals surface area contributed by atoms with Gasteiger partial charge in [0.05, 0.1) is 5.56 Å². The molecule has 32 heavy (non-hydrogen) atoms. The molecular weight excluding hydrogens is 404 g/mol. The largest absolute Gasteiger partial charge is 0.353 e. The number of nitrogens with one attached hydrogen (secondary N) is 3. The standard InChI is InChI=1S/C22H28N10/c1-14-5-4-6-15(2)19(14)22(23)16-13-25-21(27-20(16)31(3)30-22)26-17-7-8-18(29-28-17)32-11-9-24-10-12-32/h4-8,13,24,30H,9-12,23H2,1-3H3,(H,25,26,27,28). The van der Waals surface area contributed by atoms with E-state index in [1.165, 1.54) is 0 Å². The molecule has 2 aromatic heterocycles. The molecule has 1 fully saturated rings. The summed E-state index contributed by atoms with van der Waals surface area (Å²) in [5.74, 6) is 2.62. The van der Waals surface area contributed by atoms with E-state index in [-0.39, 0.29) is 0 Å². The Balaban J connectivity index is 1.40. The Morgan fingerprint density at radius 2 is 1.81 bits per heavy atom. The molecule has 2 aliphatic heterocycles. The maximum atomic E-state index is 6.89. The molecule has 10 heteroatoms. The van der Waals surface area contributed by atoms with Gasteiger partial charge in [0, 0.05) is 39.4 Å². The number of hydrazine groups is 1. The summed E-state index contributed by atoms with van der Waals surface area (Å²) < 4.78 is 0. The predicted molar refractivity (Wildman–Crippen MR) is 125 cm³/mol. The van der Waals surface area contributed by atoms with E-state index in [1.54, 1.807) is 6.20 Å². The number of benzene rings is 1. The van der Waals surface area contributed by atoms with Gasteiger partial charge in [-0.3, -0.25) is 5.01 Å². The third kappa shape index (κ3) is 3.52. The van der Waals surface area contributed by atoms with Crippen molar-refractivity contribution in [3.05, 3.63) is 58.8 Å². The fraction of sp³-hybridized carbons (Fsp3) is 0.364. The zero-order valence-electron chi connectivity index (χ0n) is 18.6. The molecule has 0 saturated carbocycles. The van der Waals surface area contributed by atoms with Gasteiger partial charge in [0.2, 0.25) is 5.95 Å². The van der Waals surface area contributed by atoms with Crippen molar-refractivity contribution in [2.75, 3.05) is 48.5 Å². The highest BCUT2D eigenvalue weighted by Gasteiger charge is 2.43. The SMILES string of the molecule is Cc1cccc(C)c1C1(N)NN(C)c2nc(Nc3ccc(N4CCNCC4)nn3)ncc21. The Morgan fingerprint density at radius 3 is 2.50 bits per heavy atom. The Kier molecular flexibility index (Phi) is 5.12. The van der Waals surface area contributed by atoms with Crippen molar-refractivity contribution in [2.45, 2.75) is 19.5 Å². The van der Waals surface area contributed by atoms with E-state index in [0.29, 0.717) is 11.8 Å². The Morgan fingerprint density at radius 1 is 1.06 bits per heavy atom. The van der Waals surface area contributed by atoms with Gasteiger partial charge >= 0.3 is 0 Å². The van der Waals surface area contributed by atoms with Crippen molar-refractivity contribution in [1.82, 2.24) is 30.9 Å². The van der Waals surface area contributed by atoms with Crippen LogP contribution < -0.4 is 31.7 Å². The molecule has 0 amide bonds. The third-order valence-electron chi connectivity index (χ3n) is 6.06. The van der Waals surface area contributed by atoms with Gasteiger partial charge in [-0.1, -0.05) is 18.2 Å². The highest BCUT2D eigenvalue weighted by molar-refractivity contribution is 5.62. The van der Waals surface area contributed by atoms with E-state index in [9.17, 15) is 0 Å². The zero-order valence-corrected chi connectivity index (χ0v) is 18.6. The molecule has 1 atom stereocenters. The van der Waals surface area contributed by atoms with Gasteiger partial charge in [0.1, 0.15) is 5.66 Å². The van der Waals surface area contributed by atoms with Gasteiger partial charge in [0.25, 0.3) is 0 Å². The topological polar surface area (TPSA) is 120 Å². The number of nitrogens with two attached hydrogens (primary N) is 1. The van der Waals surface area contributed by atoms with Crippen molar-refractivity contribution >= 4 is 23.4 Å².